The first kappa shape index (κ1) is 17.9. The molecule has 1 aromatic carbocycles. The van der Waals surface area contributed by atoms with Gasteiger partial charge in [0.15, 0.2) is 0 Å². The molecule has 0 radical (unpaired) electrons. The number of rotatable bonds is 5. The summed E-state index contributed by atoms with van der Waals surface area (Å²) >= 11 is 7.21. The number of nitrogens with zero attached hydrogens (tertiary/aromatic N) is 4. The molecule has 0 spiro atoms. The monoisotopic (exact) mass is 383 g/mol. The van der Waals surface area contributed by atoms with Crippen molar-refractivity contribution in [3.05, 3.63) is 63.9 Å². The van der Waals surface area contributed by atoms with Crippen LogP contribution in [0.1, 0.15) is 17.6 Å². The Morgan fingerprint density at radius 3 is 2.77 bits per heavy atom. The number of benzene rings is 1. The minimum absolute atomic E-state index is 0.0211. The van der Waals surface area contributed by atoms with Crippen molar-refractivity contribution in [3.63, 3.8) is 0 Å². The number of aromatic nitrogens is 3. The lowest BCUT2D eigenvalue weighted by molar-refractivity contribution is -0.112. The van der Waals surface area contributed by atoms with E-state index in [1.807, 2.05) is 48.0 Å². The Hall–Kier alpha value is -2.95. The van der Waals surface area contributed by atoms with E-state index in [0.717, 1.165) is 17.1 Å². The van der Waals surface area contributed by atoms with Gasteiger partial charge in [-0.3, -0.25) is 10.1 Å². The third-order valence-electron chi connectivity index (χ3n) is 3.53. The maximum absolute atomic E-state index is 12.4. The maximum atomic E-state index is 12.4. The summed E-state index contributed by atoms with van der Waals surface area (Å²) in [6, 6.07) is 12.9. The number of carbonyl (C=O) groups excluding carboxylic acids is 1. The van der Waals surface area contributed by atoms with Gasteiger partial charge in [0.1, 0.15) is 16.6 Å². The smallest absolute Gasteiger partial charge is 0.268 e. The van der Waals surface area contributed by atoms with E-state index in [2.05, 4.69) is 15.5 Å². The van der Waals surface area contributed by atoms with Gasteiger partial charge in [-0.2, -0.15) is 5.26 Å². The van der Waals surface area contributed by atoms with Crippen molar-refractivity contribution < 1.29 is 4.79 Å². The summed E-state index contributed by atoms with van der Waals surface area (Å²) in [5.41, 5.74) is 1.55. The van der Waals surface area contributed by atoms with Gasteiger partial charge in [0.25, 0.3) is 5.91 Å². The van der Waals surface area contributed by atoms with Crippen molar-refractivity contribution in [3.8, 4) is 11.8 Å². The van der Waals surface area contributed by atoms with E-state index in [1.54, 1.807) is 12.1 Å². The molecule has 0 unspecified atom stereocenters. The Balaban J connectivity index is 1.85. The van der Waals surface area contributed by atoms with Crippen LogP contribution in [0.4, 0.5) is 5.13 Å². The standard InChI is InChI=1S/C18H14ClN5OS/c1-2-16-22-23-18(26-16)21-17(25)12(11-20)10-15-4-3-9-24(15)14-7-5-13(19)6-8-14/h3-10H,2H2,1H3,(H,21,23,25)/b12-10-. The number of amides is 1. The largest absolute Gasteiger partial charge is 0.317 e. The van der Waals surface area contributed by atoms with Crippen molar-refractivity contribution in [2.24, 2.45) is 0 Å². The number of anilines is 1. The minimum Gasteiger partial charge on any atom is -0.317 e. The zero-order valence-corrected chi connectivity index (χ0v) is 15.4. The fourth-order valence-electron chi connectivity index (χ4n) is 2.26. The summed E-state index contributed by atoms with van der Waals surface area (Å²) in [4.78, 5) is 12.4. The Bertz CT molecular complexity index is 997. The fourth-order valence-corrected chi connectivity index (χ4v) is 3.06. The van der Waals surface area contributed by atoms with Crippen LogP contribution >= 0.6 is 22.9 Å². The number of nitriles is 1. The average molecular weight is 384 g/mol. The molecule has 0 saturated carbocycles. The maximum Gasteiger partial charge on any atom is 0.268 e. The molecule has 0 bridgehead atoms. The molecule has 0 saturated heterocycles. The molecule has 1 amide bonds. The molecule has 3 aromatic rings. The van der Waals surface area contributed by atoms with E-state index in [0.29, 0.717) is 15.8 Å². The van der Waals surface area contributed by atoms with Gasteiger partial charge in [-0.05, 0) is 48.9 Å². The molecule has 3 rings (SSSR count). The van der Waals surface area contributed by atoms with Gasteiger partial charge in [-0.15, -0.1) is 10.2 Å². The molecule has 0 fully saturated rings. The van der Waals surface area contributed by atoms with E-state index in [9.17, 15) is 10.1 Å². The number of hydrogen-bond donors (Lipinski definition) is 1. The van der Waals surface area contributed by atoms with Crippen LogP contribution in [0.3, 0.4) is 0 Å². The van der Waals surface area contributed by atoms with Crippen molar-refractivity contribution in [2.45, 2.75) is 13.3 Å². The van der Waals surface area contributed by atoms with E-state index in [1.165, 1.54) is 17.4 Å². The minimum atomic E-state index is -0.518. The second kappa shape index (κ2) is 7.95. The number of hydrogen-bond acceptors (Lipinski definition) is 5. The van der Waals surface area contributed by atoms with Gasteiger partial charge in [0, 0.05) is 22.6 Å². The van der Waals surface area contributed by atoms with E-state index in [4.69, 9.17) is 11.6 Å². The average Bonchev–Trinajstić information content (AvgIpc) is 3.29. The molecular formula is C18H14ClN5OS. The molecule has 6 nitrogen and oxygen atoms in total. The molecule has 2 aromatic heterocycles. The van der Waals surface area contributed by atoms with Crippen molar-refractivity contribution >= 4 is 40.1 Å². The summed E-state index contributed by atoms with van der Waals surface area (Å²) in [5, 5.41) is 21.7. The summed E-state index contributed by atoms with van der Waals surface area (Å²) < 4.78 is 1.86. The molecule has 0 aliphatic heterocycles. The van der Waals surface area contributed by atoms with Crippen molar-refractivity contribution in [1.82, 2.24) is 14.8 Å². The van der Waals surface area contributed by atoms with Gasteiger partial charge in [0.2, 0.25) is 5.13 Å². The topological polar surface area (TPSA) is 83.6 Å². The summed E-state index contributed by atoms with van der Waals surface area (Å²) in [5.74, 6) is -0.518. The Kier molecular flexibility index (Phi) is 5.46. The van der Waals surface area contributed by atoms with Gasteiger partial charge >= 0.3 is 0 Å². The first-order chi connectivity index (χ1) is 12.6. The third kappa shape index (κ3) is 3.99. The van der Waals surface area contributed by atoms with E-state index in [-0.39, 0.29) is 5.57 Å². The first-order valence-corrected chi connectivity index (χ1v) is 8.99. The second-order valence-electron chi connectivity index (χ2n) is 5.26. The summed E-state index contributed by atoms with van der Waals surface area (Å²) in [7, 11) is 0. The lowest BCUT2D eigenvalue weighted by atomic mass is 10.2. The van der Waals surface area contributed by atoms with Crippen LogP contribution in [-0.2, 0) is 11.2 Å². The lowest BCUT2D eigenvalue weighted by Crippen LogP contribution is -2.13. The van der Waals surface area contributed by atoms with E-state index >= 15 is 0 Å². The molecule has 0 atom stereocenters. The molecule has 26 heavy (non-hydrogen) atoms. The van der Waals surface area contributed by atoms with Crippen LogP contribution < -0.4 is 5.32 Å². The number of carbonyl (C=O) groups is 1. The number of aryl methyl sites for hydroxylation is 1. The lowest BCUT2D eigenvalue weighted by Gasteiger charge is -2.07. The third-order valence-corrected chi connectivity index (χ3v) is 4.77. The summed E-state index contributed by atoms with van der Waals surface area (Å²) in [6.45, 7) is 1.96. The van der Waals surface area contributed by atoms with Crippen LogP contribution in [0.2, 0.25) is 5.02 Å². The molecule has 0 aliphatic carbocycles. The molecule has 8 heteroatoms. The van der Waals surface area contributed by atoms with Crippen LogP contribution in [0.25, 0.3) is 11.8 Å². The second-order valence-corrected chi connectivity index (χ2v) is 6.76. The Labute approximate surface area is 159 Å². The van der Waals surface area contributed by atoms with Crippen LogP contribution in [0, 0.1) is 11.3 Å². The predicted octanol–water partition coefficient (Wildman–Crippen LogP) is 4.09. The van der Waals surface area contributed by atoms with Crippen molar-refractivity contribution in [2.75, 3.05) is 5.32 Å². The molecule has 130 valence electrons. The van der Waals surface area contributed by atoms with Gasteiger partial charge in [0.05, 0.1) is 0 Å². The van der Waals surface area contributed by atoms with Gasteiger partial charge in [-0.25, -0.2) is 0 Å². The predicted molar refractivity (Wildman–Crippen MR) is 102 cm³/mol. The molecule has 1 N–H and O–H groups in total. The van der Waals surface area contributed by atoms with Crippen LogP contribution in [0.5, 0.6) is 0 Å². The highest BCUT2D eigenvalue weighted by Gasteiger charge is 2.13. The molecule has 2 heterocycles. The number of halogens is 1. The van der Waals surface area contributed by atoms with E-state index < -0.39 is 5.91 Å². The van der Waals surface area contributed by atoms with Gasteiger partial charge in [-0.1, -0.05) is 29.9 Å². The Morgan fingerprint density at radius 2 is 2.12 bits per heavy atom. The first-order valence-electron chi connectivity index (χ1n) is 7.79. The molecular weight excluding hydrogens is 370 g/mol. The highest BCUT2D eigenvalue weighted by Crippen LogP contribution is 2.20. The SMILES string of the molecule is CCc1nnc(NC(=O)/C(C#N)=C\c2cccn2-c2ccc(Cl)cc2)s1. The Morgan fingerprint density at radius 1 is 1.35 bits per heavy atom. The quantitative estimate of drug-likeness (QED) is 0.531. The zero-order valence-electron chi connectivity index (χ0n) is 13.8. The number of nitrogens with one attached hydrogen (secondary N) is 1. The van der Waals surface area contributed by atoms with Crippen LogP contribution in [-0.4, -0.2) is 20.7 Å². The van der Waals surface area contributed by atoms with Gasteiger partial charge < -0.3 is 4.57 Å². The van der Waals surface area contributed by atoms with Crippen LogP contribution in [0.15, 0.2) is 48.2 Å². The highest BCUT2D eigenvalue weighted by atomic mass is 35.5. The summed E-state index contributed by atoms with van der Waals surface area (Å²) in [6.07, 6.45) is 4.12. The fraction of sp³-hybridized carbons (Fsp3) is 0.111. The zero-order chi connectivity index (χ0) is 18.5. The highest BCUT2D eigenvalue weighted by molar-refractivity contribution is 7.15. The van der Waals surface area contributed by atoms with Crippen molar-refractivity contribution in [1.29, 1.82) is 5.26 Å². The normalized spacial score (nSPS) is 11.2. The molecule has 0 aliphatic rings.